The molecule has 1 heterocycles. The van der Waals surface area contributed by atoms with E-state index < -0.39 is 5.97 Å². The van der Waals surface area contributed by atoms with E-state index in [-0.39, 0.29) is 24.3 Å². The van der Waals surface area contributed by atoms with Gasteiger partial charge in [-0.05, 0) is 42.4 Å². The molecule has 0 spiro atoms. The van der Waals surface area contributed by atoms with E-state index in [1.165, 1.54) is 5.56 Å². The first-order valence-corrected chi connectivity index (χ1v) is 8.07. The zero-order chi connectivity index (χ0) is 16.6. The van der Waals surface area contributed by atoms with Crippen molar-refractivity contribution in [2.45, 2.75) is 45.1 Å². The van der Waals surface area contributed by atoms with Gasteiger partial charge in [0, 0.05) is 23.4 Å². The summed E-state index contributed by atoms with van der Waals surface area (Å²) in [6.45, 7) is 4.28. The molecule has 1 saturated carbocycles. The third kappa shape index (κ3) is 3.38. The maximum Gasteiger partial charge on any atom is 0.303 e. The van der Waals surface area contributed by atoms with Crippen LogP contribution in [0.1, 0.15) is 55.1 Å². The predicted molar refractivity (Wildman–Crippen MR) is 88.6 cm³/mol. The molecule has 0 unspecified atom stereocenters. The van der Waals surface area contributed by atoms with Crippen LogP contribution in [0.25, 0.3) is 10.9 Å². The lowest BCUT2D eigenvalue weighted by Gasteiger charge is -2.34. The molecular formula is C18H22N2O3. The monoisotopic (exact) mass is 314 g/mol. The predicted octanol–water partition coefficient (Wildman–Crippen LogP) is 3.27. The van der Waals surface area contributed by atoms with Gasteiger partial charge in [-0.3, -0.25) is 9.59 Å². The number of carboxylic acids is 1. The largest absolute Gasteiger partial charge is 0.481 e. The van der Waals surface area contributed by atoms with Gasteiger partial charge in [0.05, 0.1) is 0 Å². The molecule has 1 aliphatic carbocycles. The van der Waals surface area contributed by atoms with Crippen molar-refractivity contribution >= 4 is 22.8 Å². The first-order valence-electron chi connectivity index (χ1n) is 8.07. The lowest BCUT2D eigenvalue weighted by atomic mass is 9.78. The smallest absolute Gasteiger partial charge is 0.303 e. The van der Waals surface area contributed by atoms with Crippen LogP contribution in [-0.2, 0) is 4.79 Å². The Hall–Kier alpha value is -2.30. The molecule has 1 amide bonds. The van der Waals surface area contributed by atoms with E-state index >= 15 is 0 Å². The highest BCUT2D eigenvalue weighted by Gasteiger charge is 2.32. The van der Waals surface area contributed by atoms with Crippen LogP contribution in [-0.4, -0.2) is 28.0 Å². The van der Waals surface area contributed by atoms with Crippen LogP contribution in [0.3, 0.4) is 0 Å². The van der Waals surface area contributed by atoms with Crippen LogP contribution in [0.5, 0.6) is 0 Å². The van der Waals surface area contributed by atoms with Gasteiger partial charge in [-0.1, -0.05) is 26.0 Å². The first-order chi connectivity index (χ1) is 10.9. The van der Waals surface area contributed by atoms with Crippen molar-refractivity contribution in [1.29, 1.82) is 0 Å². The molecule has 122 valence electrons. The summed E-state index contributed by atoms with van der Waals surface area (Å²) in [5.74, 6) is -0.252. The number of aromatic amines is 1. The minimum absolute atomic E-state index is 0.0875. The number of carbonyl (C=O) groups is 2. The lowest BCUT2D eigenvalue weighted by molar-refractivity contribution is -0.138. The number of hydrogen-bond acceptors (Lipinski definition) is 2. The maximum atomic E-state index is 12.3. The van der Waals surface area contributed by atoms with E-state index in [0.717, 1.165) is 23.7 Å². The molecule has 5 heteroatoms. The molecule has 1 fully saturated rings. The van der Waals surface area contributed by atoms with Gasteiger partial charge in [-0.2, -0.15) is 0 Å². The Morgan fingerprint density at radius 3 is 2.70 bits per heavy atom. The zero-order valence-electron chi connectivity index (χ0n) is 13.4. The molecule has 1 aromatic heterocycles. The summed E-state index contributed by atoms with van der Waals surface area (Å²) in [5, 5.41) is 12.7. The number of aromatic nitrogens is 1. The van der Waals surface area contributed by atoms with Crippen LogP contribution < -0.4 is 5.32 Å². The van der Waals surface area contributed by atoms with Crippen LogP contribution in [0, 0.1) is 5.92 Å². The highest BCUT2D eigenvalue weighted by atomic mass is 16.4. The van der Waals surface area contributed by atoms with E-state index in [0.29, 0.717) is 11.6 Å². The van der Waals surface area contributed by atoms with Gasteiger partial charge in [0.1, 0.15) is 5.69 Å². The standard InChI is InChI=1S/C18H22N2O3/c1-10(2)12-3-4-13-9-16(20-15(13)8-12)18(23)19-14-5-11(6-14)7-17(21)22/h3-4,8-11,14,20H,5-7H2,1-2H3,(H,19,23)(H,21,22). The van der Waals surface area contributed by atoms with Gasteiger partial charge in [0.15, 0.2) is 0 Å². The molecule has 1 aromatic carbocycles. The number of fused-ring (bicyclic) bond motifs is 1. The molecule has 0 bridgehead atoms. The van der Waals surface area contributed by atoms with Crippen molar-refractivity contribution in [3.63, 3.8) is 0 Å². The molecule has 3 N–H and O–H groups in total. The zero-order valence-corrected chi connectivity index (χ0v) is 13.4. The van der Waals surface area contributed by atoms with E-state index in [1.54, 1.807) is 0 Å². The molecule has 0 radical (unpaired) electrons. The third-order valence-corrected chi connectivity index (χ3v) is 4.59. The fraction of sp³-hybridized carbons (Fsp3) is 0.444. The highest BCUT2D eigenvalue weighted by Crippen LogP contribution is 2.30. The fourth-order valence-corrected chi connectivity index (χ4v) is 3.16. The van der Waals surface area contributed by atoms with Crippen molar-refractivity contribution in [3.8, 4) is 0 Å². The van der Waals surface area contributed by atoms with Crippen LogP contribution >= 0.6 is 0 Å². The van der Waals surface area contributed by atoms with Gasteiger partial charge in [0.25, 0.3) is 5.91 Å². The first kappa shape index (κ1) is 15.6. The van der Waals surface area contributed by atoms with E-state index in [2.05, 4.69) is 36.3 Å². The third-order valence-electron chi connectivity index (χ3n) is 4.59. The Bertz CT molecular complexity index is 742. The number of nitrogens with one attached hydrogen (secondary N) is 2. The number of carboxylic acid groups (broad SMARTS) is 1. The molecule has 0 aliphatic heterocycles. The highest BCUT2D eigenvalue weighted by molar-refractivity contribution is 5.98. The number of aliphatic carboxylic acids is 1. The van der Waals surface area contributed by atoms with E-state index in [1.807, 2.05) is 12.1 Å². The number of amides is 1. The lowest BCUT2D eigenvalue weighted by Crippen LogP contribution is -2.44. The molecule has 23 heavy (non-hydrogen) atoms. The number of carbonyl (C=O) groups excluding carboxylic acids is 1. The van der Waals surface area contributed by atoms with Crippen molar-refractivity contribution in [1.82, 2.24) is 10.3 Å². The number of rotatable bonds is 5. The van der Waals surface area contributed by atoms with Gasteiger partial charge >= 0.3 is 5.97 Å². The van der Waals surface area contributed by atoms with Gasteiger partial charge in [-0.15, -0.1) is 0 Å². The Balaban J connectivity index is 1.64. The molecule has 0 saturated heterocycles. The summed E-state index contributed by atoms with van der Waals surface area (Å²) in [4.78, 5) is 26.1. The van der Waals surface area contributed by atoms with Gasteiger partial charge in [-0.25, -0.2) is 0 Å². The van der Waals surface area contributed by atoms with Gasteiger partial charge in [0.2, 0.25) is 0 Å². The molecule has 5 nitrogen and oxygen atoms in total. The summed E-state index contributed by atoms with van der Waals surface area (Å²) in [5.41, 5.74) is 2.77. The van der Waals surface area contributed by atoms with Crippen molar-refractivity contribution in [3.05, 3.63) is 35.5 Å². The van der Waals surface area contributed by atoms with Gasteiger partial charge < -0.3 is 15.4 Å². The summed E-state index contributed by atoms with van der Waals surface area (Å²) in [6, 6.07) is 8.16. The normalized spacial score (nSPS) is 20.5. The number of benzene rings is 1. The second kappa shape index (κ2) is 6.07. The topological polar surface area (TPSA) is 82.2 Å². The Kier molecular flexibility index (Phi) is 4.11. The second-order valence-electron chi connectivity index (χ2n) is 6.79. The molecule has 2 aromatic rings. The average molecular weight is 314 g/mol. The summed E-state index contributed by atoms with van der Waals surface area (Å²) >= 11 is 0. The number of hydrogen-bond donors (Lipinski definition) is 3. The minimum Gasteiger partial charge on any atom is -0.481 e. The van der Waals surface area contributed by atoms with Crippen molar-refractivity contribution < 1.29 is 14.7 Å². The molecule has 1 aliphatic rings. The Morgan fingerprint density at radius 1 is 1.30 bits per heavy atom. The Morgan fingerprint density at radius 2 is 2.04 bits per heavy atom. The maximum absolute atomic E-state index is 12.3. The summed E-state index contributed by atoms with van der Waals surface area (Å²) < 4.78 is 0. The van der Waals surface area contributed by atoms with Crippen LogP contribution in [0.4, 0.5) is 0 Å². The summed E-state index contributed by atoms with van der Waals surface area (Å²) in [6.07, 6.45) is 1.68. The average Bonchev–Trinajstić information content (AvgIpc) is 2.87. The molecular weight excluding hydrogens is 292 g/mol. The quantitative estimate of drug-likeness (QED) is 0.792. The number of H-pyrrole nitrogens is 1. The molecule has 3 rings (SSSR count). The fourth-order valence-electron chi connectivity index (χ4n) is 3.16. The van der Waals surface area contributed by atoms with E-state index in [4.69, 9.17) is 5.11 Å². The SMILES string of the molecule is CC(C)c1ccc2cc(C(=O)NC3CC(CC(=O)O)C3)[nH]c2c1. The summed E-state index contributed by atoms with van der Waals surface area (Å²) in [7, 11) is 0. The second-order valence-corrected chi connectivity index (χ2v) is 6.79. The Labute approximate surface area is 135 Å². The van der Waals surface area contributed by atoms with Crippen LogP contribution in [0.15, 0.2) is 24.3 Å². The van der Waals surface area contributed by atoms with E-state index in [9.17, 15) is 9.59 Å². The van der Waals surface area contributed by atoms with Crippen LogP contribution in [0.2, 0.25) is 0 Å². The minimum atomic E-state index is -0.767. The molecule has 0 atom stereocenters. The van der Waals surface area contributed by atoms with Crippen molar-refractivity contribution in [2.24, 2.45) is 5.92 Å². The van der Waals surface area contributed by atoms with Crippen molar-refractivity contribution in [2.75, 3.05) is 0 Å².